The average Bonchev–Trinajstić information content (AvgIpc) is 3.43. The van der Waals surface area contributed by atoms with Crippen LogP contribution >= 0.6 is 11.6 Å². The van der Waals surface area contributed by atoms with E-state index in [9.17, 15) is 4.79 Å². The summed E-state index contributed by atoms with van der Waals surface area (Å²) in [5.41, 5.74) is 9.34. The van der Waals surface area contributed by atoms with Gasteiger partial charge in [0.1, 0.15) is 11.6 Å². The molecule has 4 heterocycles. The molecule has 1 aromatic carbocycles. The molecule has 2 saturated heterocycles. The second-order valence-corrected chi connectivity index (χ2v) is 9.44. The minimum Gasteiger partial charge on any atom is -0.497 e. The number of carbonyl (C=O) groups excluding carboxylic acids is 1. The number of halogens is 1. The SMILES string of the molecule is COc1cc(Cl)cc(C(=O)N2CCCC[C@H]2c2cc3nc(N4CC[C@H](N)C4)c(C)cn3n2)c1. The number of nitrogens with two attached hydrogens (primary N) is 1. The summed E-state index contributed by atoms with van der Waals surface area (Å²) < 4.78 is 7.13. The number of likely N-dealkylation sites (tertiary alicyclic amines) is 1. The zero-order valence-electron chi connectivity index (χ0n) is 19.0. The number of piperidine rings is 1. The number of hydrogen-bond donors (Lipinski definition) is 1. The van der Waals surface area contributed by atoms with Crippen molar-refractivity contribution in [2.45, 2.75) is 44.7 Å². The Kier molecular flexibility index (Phi) is 5.88. The predicted molar refractivity (Wildman–Crippen MR) is 128 cm³/mol. The maximum atomic E-state index is 13.5. The zero-order chi connectivity index (χ0) is 23.1. The Morgan fingerprint density at radius 1 is 1.18 bits per heavy atom. The normalized spacial score (nSPS) is 21.1. The Labute approximate surface area is 198 Å². The number of rotatable bonds is 4. The van der Waals surface area contributed by atoms with Crippen molar-refractivity contribution >= 4 is 29.0 Å². The first-order valence-electron chi connectivity index (χ1n) is 11.5. The molecule has 9 heteroatoms. The lowest BCUT2D eigenvalue weighted by Crippen LogP contribution is -2.38. The Balaban J connectivity index is 1.47. The molecule has 0 radical (unpaired) electrons. The van der Waals surface area contributed by atoms with Crippen LogP contribution in [0.1, 0.15) is 53.3 Å². The van der Waals surface area contributed by atoms with Gasteiger partial charge in [-0.2, -0.15) is 5.10 Å². The number of aromatic nitrogens is 3. The lowest BCUT2D eigenvalue weighted by Gasteiger charge is -2.34. The van der Waals surface area contributed by atoms with Gasteiger partial charge in [-0.25, -0.2) is 9.50 Å². The Morgan fingerprint density at radius 2 is 2.03 bits per heavy atom. The molecular weight excluding hydrogens is 440 g/mol. The number of ether oxygens (including phenoxy) is 1. The topological polar surface area (TPSA) is 89.0 Å². The summed E-state index contributed by atoms with van der Waals surface area (Å²) in [5, 5.41) is 5.30. The Bertz CT molecular complexity index is 1200. The fourth-order valence-electron chi connectivity index (χ4n) is 4.93. The predicted octanol–water partition coefficient (Wildman–Crippen LogP) is 3.60. The maximum Gasteiger partial charge on any atom is 0.254 e. The van der Waals surface area contributed by atoms with Crippen molar-refractivity contribution in [3.05, 3.63) is 52.3 Å². The van der Waals surface area contributed by atoms with E-state index in [1.807, 2.05) is 21.7 Å². The van der Waals surface area contributed by atoms with Crippen LogP contribution in [0.2, 0.25) is 5.02 Å². The fourth-order valence-corrected chi connectivity index (χ4v) is 5.16. The molecule has 2 atom stereocenters. The molecule has 2 aromatic heterocycles. The first-order chi connectivity index (χ1) is 15.9. The van der Waals surface area contributed by atoms with E-state index in [0.717, 1.165) is 61.5 Å². The van der Waals surface area contributed by atoms with Crippen LogP contribution in [0.4, 0.5) is 5.82 Å². The van der Waals surface area contributed by atoms with Gasteiger partial charge in [-0.3, -0.25) is 4.79 Å². The summed E-state index contributed by atoms with van der Waals surface area (Å²) in [6.07, 6.45) is 5.86. The summed E-state index contributed by atoms with van der Waals surface area (Å²) in [4.78, 5) is 22.5. The van der Waals surface area contributed by atoms with E-state index in [1.165, 1.54) is 0 Å². The first-order valence-corrected chi connectivity index (χ1v) is 11.8. The van der Waals surface area contributed by atoms with E-state index in [1.54, 1.807) is 25.3 Å². The van der Waals surface area contributed by atoms with Crippen LogP contribution in [0.15, 0.2) is 30.5 Å². The number of benzene rings is 1. The van der Waals surface area contributed by atoms with Gasteiger partial charge in [-0.05, 0) is 50.8 Å². The lowest BCUT2D eigenvalue weighted by atomic mass is 9.98. The van der Waals surface area contributed by atoms with Crippen LogP contribution in [-0.2, 0) is 0 Å². The number of aryl methyl sites for hydroxylation is 1. The van der Waals surface area contributed by atoms with Gasteiger partial charge in [0.15, 0.2) is 5.65 Å². The first kappa shape index (κ1) is 22.0. The van der Waals surface area contributed by atoms with Gasteiger partial charge < -0.3 is 20.3 Å². The number of anilines is 1. The summed E-state index contributed by atoms with van der Waals surface area (Å²) in [6, 6.07) is 7.22. The summed E-state index contributed by atoms with van der Waals surface area (Å²) in [7, 11) is 1.57. The molecule has 0 saturated carbocycles. The average molecular weight is 469 g/mol. The Hall–Kier alpha value is -2.84. The molecule has 8 nitrogen and oxygen atoms in total. The molecule has 2 N–H and O–H groups in total. The zero-order valence-corrected chi connectivity index (χ0v) is 19.8. The molecule has 174 valence electrons. The van der Waals surface area contributed by atoms with Crippen LogP contribution in [0.3, 0.4) is 0 Å². The van der Waals surface area contributed by atoms with Crippen molar-refractivity contribution in [2.24, 2.45) is 5.73 Å². The van der Waals surface area contributed by atoms with Crippen LogP contribution < -0.4 is 15.4 Å². The van der Waals surface area contributed by atoms with Gasteiger partial charge in [0.25, 0.3) is 5.91 Å². The van der Waals surface area contributed by atoms with Crippen molar-refractivity contribution in [1.29, 1.82) is 0 Å². The molecule has 2 aliphatic heterocycles. The van der Waals surface area contributed by atoms with E-state index in [4.69, 9.17) is 32.2 Å². The second kappa shape index (κ2) is 8.83. The highest BCUT2D eigenvalue weighted by Gasteiger charge is 2.31. The van der Waals surface area contributed by atoms with Crippen molar-refractivity contribution < 1.29 is 9.53 Å². The third-order valence-corrected chi connectivity index (χ3v) is 6.83. The van der Waals surface area contributed by atoms with E-state index in [-0.39, 0.29) is 18.0 Å². The molecule has 0 bridgehead atoms. The van der Waals surface area contributed by atoms with Crippen molar-refractivity contribution in [2.75, 3.05) is 31.6 Å². The number of methoxy groups -OCH3 is 1. The number of amides is 1. The van der Waals surface area contributed by atoms with Crippen molar-refractivity contribution in [1.82, 2.24) is 19.5 Å². The minimum atomic E-state index is -0.109. The smallest absolute Gasteiger partial charge is 0.254 e. The molecule has 3 aromatic rings. The van der Waals surface area contributed by atoms with Gasteiger partial charge in [-0.15, -0.1) is 0 Å². The molecule has 5 rings (SSSR count). The highest BCUT2D eigenvalue weighted by molar-refractivity contribution is 6.31. The molecule has 2 aliphatic rings. The fraction of sp³-hybridized carbons (Fsp3) is 0.458. The molecule has 33 heavy (non-hydrogen) atoms. The second-order valence-electron chi connectivity index (χ2n) is 9.00. The maximum absolute atomic E-state index is 13.5. The molecule has 2 fully saturated rings. The van der Waals surface area contributed by atoms with Crippen molar-refractivity contribution in [3.8, 4) is 5.75 Å². The third kappa shape index (κ3) is 4.25. The van der Waals surface area contributed by atoms with Crippen molar-refractivity contribution in [3.63, 3.8) is 0 Å². The van der Waals surface area contributed by atoms with E-state index >= 15 is 0 Å². The number of hydrogen-bond acceptors (Lipinski definition) is 6. The third-order valence-electron chi connectivity index (χ3n) is 6.61. The highest BCUT2D eigenvalue weighted by atomic mass is 35.5. The molecule has 0 unspecified atom stereocenters. The van der Waals surface area contributed by atoms with E-state index in [2.05, 4.69) is 11.8 Å². The summed E-state index contributed by atoms with van der Waals surface area (Å²) in [6.45, 7) is 4.46. The van der Waals surface area contributed by atoms with E-state index < -0.39 is 0 Å². The van der Waals surface area contributed by atoms with Crippen LogP contribution in [0.5, 0.6) is 5.75 Å². The number of fused-ring (bicyclic) bond motifs is 1. The molecule has 0 spiro atoms. The van der Waals surface area contributed by atoms with Gasteiger partial charge in [0.2, 0.25) is 0 Å². The van der Waals surface area contributed by atoms with Crippen LogP contribution in [-0.4, -0.2) is 58.2 Å². The molecular formula is C24H29ClN6O2. The molecule has 0 aliphatic carbocycles. The monoisotopic (exact) mass is 468 g/mol. The minimum absolute atomic E-state index is 0.0616. The van der Waals surface area contributed by atoms with Gasteiger partial charge >= 0.3 is 0 Å². The van der Waals surface area contributed by atoms with Crippen LogP contribution in [0, 0.1) is 6.92 Å². The summed E-state index contributed by atoms with van der Waals surface area (Å²) >= 11 is 6.22. The van der Waals surface area contributed by atoms with Crippen LogP contribution in [0.25, 0.3) is 5.65 Å². The quantitative estimate of drug-likeness (QED) is 0.629. The van der Waals surface area contributed by atoms with Gasteiger partial charge in [0.05, 0.1) is 18.8 Å². The number of carbonyl (C=O) groups is 1. The molecule has 1 amide bonds. The van der Waals surface area contributed by atoms with Gasteiger partial charge in [0, 0.05) is 54.1 Å². The highest BCUT2D eigenvalue weighted by Crippen LogP contribution is 2.33. The number of nitrogens with zero attached hydrogens (tertiary/aromatic N) is 5. The van der Waals surface area contributed by atoms with E-state index in [0.29, 0.717) is 22.9 Å². The van der Waals surface area contributed by atoms with Gasteiger partial charge in [-0.1, -0.05) is 11.6 Å². The standard InChI is InChI=1S/C24H29ClN6O2/c1-15-13-31-22(27-23(15)29-8-6-18(26)14-29)12-20(28-31)21-5-3-4-7-30(21)24(32)16-9-17(25)11-19(10-16)33-2/h9-13,18,21H,3-8,14,26H2,1-2H3/t18-,21-/m0/s1. The largest absolute Gasteiger partial charge is 0.497 e. The lowest BCUT2D eigenvalue weighted by molar-refractivity contribution is 0.0605. The summed E-state index contributed by atoms with van der Waals surface area (Å²) in [5.74, 6) is 1.47. The Morgan fingerprint density at radius 3 is 2.79 bits per heavy atom.